The van der Waals surface area contributed by atoms with Crippen molar-refractivity contribution in [1.29, 1.82) is 0 Å². The summed E-state index contributed by atoms with van der Waals surface area (Å²) in [5, 5.41) is 10.2. The maximum Gasteiger partial charge on any atom is 0.222 e. The van der Waals surface area contributed by atoms with E-state index in [0.717, 1.165) is 24.1 Å². The highest BCUT2D eigenvalue weighted by Gasteiger charge is 2.23. The molecule has 0 saturated carbocycles. The van der Waals surface area contributed by atoms with Gasteiger partial charge in [-0.15, -0.1) is 0 Å². The number of hydrogen-bond donors (Lipinski definition) is 1. The molecule has 0 aliphatic carbocycles. The number of hydrogen-bond acceptors (Lipinski definition) is 2. The Bertz CT molecular complexity index is 428. The van der Waals surface area contributed by atoms with Crippen molar-refractivity contribution in [2.24, 2.45) is 0 Å². The van der Waals surface area contributed by atoms with E-state index in [-0.39, 0.29) is 5.91 Å². The van der Waals surface area contributed by atoms with Gasteiger partial charge in [0.25, 0.3) is 0 Å². The number of aliphatic hydroxyl groups excluding tert-OH is 1. The van der Waals surface area contributed by atoms with Crippen LogP contribution in [0.2, 0.25) is 0 Å². The molecule has 1 aromatic rings. The molecule has 1 amide bonds. The Morgan fingerprint density at radius 2 is 2.18 bits per heavy atom. The average Bonchev–Trinajstić information content (AvgIpc) is 2.64. The lowest BCUT2D eigenvalue weighted by molar-refractivity contribution is -0.128. The third kappa shape index (κ3) is 2.67. The van der Waals surface area contributed by atoms with Gasteiger partial charge in [-0.3, -0.25) is 4.79 Å². The summed E-state index contributed by atoms with van der Waals surface area (Å²) in [7, 11) is 0. The van der Waals surface area contributed by atoms with E-state index in [1.807, 2.05) is 26.0 Å². The molecule has 0 bridgehead atoms. The molecular formula is C14H19NO2. The second-order valence-electron chi connectivity index (χ2n) is 4.82. The van der Waals surface area contributed by atoms with Crippen molar-refractivity contribution >= 4 is 5.91 Å². The Kier molecular flexibility index (Phi) is 3.48. The molecule has 1 unspecified atom stereocenters. The van der Waals surface area contributed by atoms with Gasteiger partial charge in [-0.05, 0) is 31.4 Å². The van der Waals surface area contributed by atoms with Crippen LogP contribution in [-0.2, 0) is 4.79 Å². The number of aliphatic hydroxyl groups is 1. The summed E-state index contributed by atoms with van der Waals surface area (Å²) < 4.78 is 0. The van der Waals surface area contributed by atoms with Crippen molar-refractivity contribution in [3.8, 4) is 0 Å². The number of aryl methyl sites for hydroxylation is 2. The molecule has 1 aliphatic heterocycles. The van der Waals surface area contributed by atoms with Crippen molar-refractivity contribution in [1.82, 2.24) is 4.90 Å². The molecule has 0 radical (unpaired) electrons. The van der Waals surface area contributed by atoms with Crippen LogP contribution in [0.15, 0.2) is 18.2 Å². The van der Waals surface area contributed by atoms with Crippen molar-refractivity contribution in [2.45, 2.75) is 32.8 Å². The van der Waals surface area contributed by atoms with Crippen LogP contribution in [0.25, 0.3) is 0 Å². The molecule has 1 N–H and O–H groups in total. The average molecular weight is 233 g/mol. The molecule has 1 aromatic carbocycles. The number of nitrogens with zero attached hydrogens (tertiary/aromatic N) is 1. The zero-order valence-electron chi connectivity index (χ0n) is 10.4. The Morgan fingerprint density at radius 3 is 2.76 bits per heavy atom. The second kappa shape index (κ2) is 4.88. The first-order chi connectivity index (χ1) is 8.08. The minimum atomic E-state index is -0.572. The molecule has 2 rings (SSSR count). The lowest BCUT2D eigenvalue weighted by Gasteiger charge is -2.21. The van der Waals surface area contributed by atoms with Gasteiger partial charge in [0, 0.05) is 13.0 Å². The molecule has 92 valence electrons. The van der Waals surface area contributed by atoms with E-state index in [1.165, 1.54) is 5.56 Å². The third-order valence-corrected chi connectivity index (χ3v) is 3.35. The molecule has 0 spiro atoms. The summed E-state index contributed by atoms with van der Waals surface area (Å²) in [5.41, 5.74) is 3.20. The highest BCUT2D eigenvalue weighted by molar-refractivity contribution is 5.78. The molecule has 1 atom stereocenters. The van der Waals surface area contributed by atoms with Gasteiger partial charge in [-0.25, -0.2) is 0 Å². The highest BCUT2D eigenvalue weighted by atomic mass is 16.3. The van der Waals surface area contributed by atoms with E-state index in [9.17, 15) is 9.90 Å². The van der Waals surface area contributed by atoms with Gasteiger partial charge < -0.3 is 10.0 Å². The molecule has 17 heavy (non-hydrogen) atoms. The maximum absolute atomic E-state index is 11.5. The number of rotatable bonds is 3. The summed E-state index contributed by atoms with van der Waals surface area (Å²) in [5.74, 6) is 0.161. The van der Waals surface area contributed by atoms with Gasteiger partial charge in [-0.2, -0.15) is 0 Å². The van der Waals surface area contributed by atoms with Crippen LogP contribution in [-0.4, -0.2) is 29.0 Å². The third-order valence-electron chi connectivity index (χ3n) is 3.35. The van der Waals surface area contributed by atoms with Crippen molar-refractivity contribution in [2.75, 3.05) is 13.1 Å². The van der Waals surface area contributed by atoms with Crippen LogP contribution in [0.1, 0.15) is 35.6 Å². The molecule has 0 aromatic heterocycles. The highest BCUT2D eigenvalue weighted by Crippen LogP contribution is 2.21. The van der Waals surface area contributed by atoms with E-state index in [0.29, 0.717) is 13.0 Å². The van der Waals surface area contributed by atoms with Gasteiger partial charge in [0.15, 0.2) is 0 Å². The SMILES string of the molecule is Cc1ccc(C(O)CN2CCCC2=O)c(C)c1. The molecule has 1 saturated heterocycles. The zero-order chi connectivity index (χ0) is 12.4. The fourth-order valence-corrected chi connectivity index (χ4v) is 2.40. The largest absolute Gasteiger partial charge is 0.387 e. The lowest BCUT2D eigenvalue weighted by Crippen LogP contribution is -2.29. The van der Waals surface area contributed by atoms with Crippen molar-refractivity contribution < 1.29 is 9.90 Å². The van der Waals surface area contributed by atoms with Crippen molar-refractivity contribution in [3.63, 3.8) is 0 Å². The van der Waals surface area contributed by atoms with Gasteiger partial charge >= 0.3 is 0 Å². The molecular weight excluding hydrogens is 214 g/mol. The van der Waals surface area contributed by atoms with Crippen LogP contribution in [0.3, 0.4) is 0 Å². The van der Waals surface area contributed by atoms with E-state index in [4.69, 9.17) is 0 Å². The standard InChI is InChI=1S/C14H19NO2/c1-10-5-6-12(11(2)8-10)13(16)9-15-7-3-4-14(15)17/h5-6,8,13,16H,3-4,7,9H2,1-2H3. The van der Waals surface area contributed by atoms with E-state index in [1.54, 1.807) is 4.90 Å². The quantitative estimate of drug-likeness (QED) is 0.867. The summed E-state index contributed by atoms with van der Waals surface area (Å²) in [4.78, 5) is 13.2. The topological polar surface area (TPSA) is 40.5 Å². The minimum Gasteiger partial charge on any atom is -0.387 e. The Hall–Kier alpha value is -1.35. The number of β-amino-alcohol motifs (C(OH)–C–C–N with tert-alkyl or cyclic N) is 1. The molecule has 1 heterocycles. The van der Waals surface area contributed by atoms with Gasteiger partial charge in [0.2, 0.25) is 5.91 Å². The van der Waals surface area contributed by atoms with Crippen LogP contribution in [0.5, 0.6) is 0 Å². The summed E-state index contributed by atoms with van der Waals surface area (Å²) in [6, 6.07) is 6.01. The number of carbonyl (C=O) groups is 1. The Balaban J connectivity index is 2.08. The molecule has 1 fully saturated rings. The summed E-state index contributed by atoms with van der Waals surface area (Å²) in [6.07, 6.45) is 0.968. The minimum absolute atomic E-state index is 0.161. The van der Waals surface area contributed by atoms with Crippen LogP contribution < -0.4 is 0 Å². The van der Waals surface area contributed by atoms with Crippen LogP contribution in [0.4, 0.5) is 0 Å². The van der Waals surface area contributed by atoms with Gasteiger partial charge in [0.05, 0.1) is 12.6 Å². The van der Waals surface area contributed by atoms with E-state index < -0.39 is 6.10 Å². The maximum atomic E-state index is 11.5. The second-order valence-corrected chi connectivity index (χ2v) is 4.82. The first-order valence-electron chi connectivity index (χ1n) is 6.11. The van der Waals surface area contributed by atoms with E-state index in [2.05, 4.69) is 6.07 Å². The number of likely N-dealkylation sites (tertiary alicyclic amines) is 1. The smallest absolute Gasteiger partial charge is 0.222 e. The van der Waals surface area contributed by atoms with Crippen molar-refractivity contribution in [3.05, 3.63) is 34.9 Å². The lowest BCUT2D eigenvalue weighted by atomic mass is 10.0. The zero-order valence-corrected chi connectivity index (χ0v) is 10.4. The Labute approximate surface area is 102 Å². The first-order valence-corrected chi connectivity index (χ1v) is 6.11. The van der Waals surface area contributed by atoms with E-state index >= 15 is 0 Å². The fourth-order valence-electron chi connectivity index (χ4n) is 2.40. The first kappa shape index (κ1) is 12.1. The molecule has 1 aliphatic rings. The van der Waals surface area contributed by atoms with Crippen LogP contribution >= 0.6 is 0 Å². The predicted octanol–water partition coefficient (Wildman–Crippen LogP) is 1.96. The molecule has 3 heteroatoms. The number of carbonyl (C=O) groups excluding carboxylic acids is 1. The summed E-state index contributed by atoms with van der Waals surface area (Å²) in [6.45, 7) is 5.23. The normalized spacial score (nSPS) is 17.6. The monoisotopic (exact) mass is 233 g/mol. The number of amides is 1. The fraction of sp³-hybridized carbons (Fsp3) is 0.500. The Morgan fingerprint density at radius 1 is 1.41 bits per heavy atom. The number of benzene rings is 1. The van der Waals surface area contributed by atoms with Gasteiger partial charge in [0.1, 0.15) is 0 Å². The van der Waals surface area contributed by atoms with Crippen LogP contribution in [0, 0.1) is 13.8 Å². The predicted molar refractivity (Wildman–Crippen MR) is 66.7 cm³/mol. The van der Waals surface area contributed by atoms with Gasteiger partial charge in [-0.1, -0.05) is 23.8 Å². The molecule has 3 nitrogen and oxygen atoms in total. The summed E-state index contributed by atoms with van der Waals surface area (Å²) >= 11 is 0.